The monoisotopic (exact) mass is 309 g/mol. The fourth-order valence-corrected chi connectivity index (χ4v) is 1.60. The lowest BCUT2D eigenvalue weighted by atomic mass is 10.2. The van der Waals surface area contributed by atoms with Crippen molar-refractivity contribution >= 4 is 28.8 Å². The highest BCUT2D eigenvalue weighted by Gasteiger charge is 2.26. The molecule has 0 spiro atoms. The van der Waals surface area contributed by atoms with Crippen LogP contribution in [-0.2, 0) is 0 Å². The van der Waals surface area contributed by atoms with Crippen LogP contribution in [0.4, 0.5) is 39.1 Å². The molecule has 0 fully saturated rings. The van der Waals surface area contributed by atoms with Gasteiger partial charge in [-0.05, 0) is 6.07 Å². The number of nitrogens with one attached hydrogen (secondary N) is 1. The lowest BCUT2D eigenvalue weighted by Gasteiger charge is -2.11. The number of hydrogen-bond donors (Lipinski definition) is 2. The Balaban J connectivity index is 2.54. The zero-order chi connectivity index (χ0) is 15.0. The van der Waals surface area contributed by atoms with Crippen LogP contribution in [0, 0.1) is 29.1 Å². The lowest BCUT2D eigenvalue weighted by Crippen LogP contribution is -2.08. The number of nitrogens with zero attached hydrogens (tertiary/aromatic N) is 1. The van der Waals surface area contributed by atoms with E-state index in [0.717, 1.165) is 6.20 Å². The molecule has 0 amide bonds. The number of nitrogens with two attached hydrogens (primary N) is 1. The van der Waals surface area contributed by atoms with E-state index in [1.54, 1.807) is 0 Å². The van der Waals surface area contributed by atoms with Gasteiger partial charge in [-0.15, -0.1) is 0 Å². The highest BCUT2D eigenvalue weighted by atomic mass is 35.5. The predicted octanol–water partition coefficient (Wildman–Crippen LogP) is 3.76. The minimum Gasteiger partial charge on any atom is -0.397 e. The Morgan fingerprint density at radius 2 is 1.45 bits per heavy atom. The topological polar surface area (TPSA) is 50.9 Å². The smallest absolute Gasteiger partial charge is 0.200 e. The summed E-state index contributed by atoms with van der Waals surface area (Å²) in [5, 5.41) is 1.81. The van der Waals surface area contributed by atoms with Gasteiger partial charge in [0.05, 0.1) is 16.9 Å². The molecule has 1 heterocycles. The molecule has 0 bridgehead atoms. The van der Waals surface area contributed by atoms with Gasteiger partial charge in [-0.25, -0.2) is 26.9 Å². The Labute approximate surface area is 114 Å². The summed E-state index contributed by atoms with van der Waals surface area (Å²) < 4.78 is 65.7. The van der Waals surface area contributed by atoms with Gasteiger partial charge in [0.1, 0.15) is 11.5 Å². The Morgan fingerprint density at radius 1 is 0.950 bits per heavy atom. The molecule has 0 unspecified atom stereocenters. The number of hydrogen-bond acceptors (Lipinski definition) is 3. The largest absolute Gasteiger partial charge is 0.397 e. The maximum atomic E-state index is 13.4. The molecule has 3 nitrogen and oxygen atoms in total. The average Bonchev–Trinajstić information content (AvgIpc) is 2.41. The second-order valence-corrected chi connectivity index (χ2v) is 4.08. The van der Waals surface area contributed by atoms with Gasteiger partial charge in [-0.2, -0.15) is 0 Å². The van der Waals surface area contributed by atoms with E-state index >= 15 is 0 Å². The first kappa shape index (κ1) is 14.3. The van der Waals surface area contributed by atoms with E-state index in [4.69, 9.17) is 17.3 Å². The molecule has 0 radical (unpaired) electrons. The summed E-state index contributed by atoms with van der Waals surface area (Å²) in [6.45, 7) is 0. The minimum atomic E-state index is -2.25. The van der Waals surface area contributed by atoms with Crippen LogP contribution in [0.3, 0.4) is 0 Å². The lowest BCUT2D eigenvalue weighted by molar-refractivity contribution is 0.382. The molecule has 20 heavy (non-hydrogen) atoms. The van der Waals surface area contributed by atoms with Gasteiger partial charge < -0.3 is 11.1 Å². The maximum absolute atomic E-state index is 13.4. The van der Waals surface area contributed by atoms with E-state index in [9.17, 15) is 22.0 Å². The highest BCUT2D eigenvalue weighted by Crippen LogP contribution is 2.31. The fraction of sp³-hybridized carbons (Fsp3) is 0. The Kier molecular flexibility index (Phi) is 3.67. The van der Waals surface area contributed by atoms with Gasteiger partial charge in [0, 0.05) is 0 Å². The van der Waals surface area contributed by atoms with Crippen molar-refractivity contribution in [2.45, 2.75) is 0 Å². The molecule has 0 atom stereocenters. The fourth-order valence-electron chi connectivity index (χ4n) is 1.38. The van der Waals surface area contributed by atoms with Crippen molar-refractivity contribution in [3.05, 3.63) is 46.4 Å². The predicted molar refractivity (Wildman–Crippen MR) is 63.2 cm³/mol. The second kappa shape index (κ2) is 5.12. The van der Waals surface area contributed by atoms with Crippen LogP contribution in [0.5, 0.6) is 0 Å². The van der Waals surface area contributed by atoms with Crippen molar-refractivity contribution in [1.29, 1.82) is 0 Å². The first-order valence-electron chi connectivity index (χ1n) is 5.02. The molecule has 1 aromatic heterocycles. The van der Waals surface area contributed by atoms with Crippen molar-refractivity contribution in [2.75, 3.05) is 11.1 Å². The molecule has 9 heteroatoms. The second-order valence-electron chi connectivity index (χ2n) is 3.67. The van der Waals surface area contributed by atoms with Crippen molar-refractivity contribution in [3.8, 4) is 0 Å². The van der Waals surface area contributed by atoms with Crippen LogP contribution in [0.2, 0.25) is 5.02 Å². The number of pyridine rings is 1. The van der Waals surface area contributed by atoms with E-state index in [0.29, 0.717) is 0 Å². The molecule has 106 valence electrons. The summed E-state index contributed by atoms with van der Waals surface area (Å²) in [5.74, 6) is -10.7. The maximum Gasteiger partial charge on any atom is 0.200 e. The standard InChI is InChI=1S/C11H5ClF5N3/c12-4-1-3(18)2-19-11(4)20-10-8(16)6(14)5(13)7(15)9(10)17/h1-2H,18H2,(H,19,20). The minimum absolute atomic E-state index is 0.144. The first-order chi connectivity index (χ1) is 9.32. The molecule has 0 saturated carbocycles. The third-order valence-corrected chi connectivity index (χ3v) is 2.60. The van der Waals surface area contributed by atoms with E-state index in [1.165, 1.54) is 6.07 Å². The Hall–Kier alpha value is -2.09. The van der Waals surface area contributed by atoms with Gasteiger partial charge in [-0.3, -0.25) is 0 Å². The molecule has 3 N–H and O–H groups in total. The van der Waals surface area contributed by atoms with Gasteiger partial charge in [-0.1, -0.05) is 11.6 Å². The number of nitrogen functional groups attached to an aromatic ring is 1. The molecular weight excluding hydrogens is 305 g/mol. The summed E-state index contributed by atoms with van der Waals surface area (Å²) in [4.78, 5) is 3.60. The van der Waals surface area contributed by atoms with E-state index < -0.39 is 34.8 Å². The Morgan fingerprint density at radius 3 is 1.95 bits per heavy atom. The third kappa shape index (κ3) is 2.34. The van der Waals surface area contributed by atoms with Crippen molar-refractivity contribution in [3.63, 3.8) is 0 Å². The van der Waals surface area contributed by atoms with Gasteiger partial charge in [0.15, 0.2) is 23.3 Å². The van der Waals surface area contributed by atoms with E-state index in [1.807, 2.05) is 5.32 Å². The molecule has 2 aromatic rings. The summed E-state index contributed by atoms with van der Waals surface area (Å²) in [6.07, 6.45) is 1.10. The molecular formula is C11H5ClF5N3. The molecule has 0 aliphatic carbocycles. The number of rotatable bonds is 2. The number of aromatic nitrogens is 1. The number of halogens is 6. The quantitative estimate of drug-likeness (QED) is 0.504. The van der Waals surface area contributed by atoms with Crippen molar-refractivity contribution < 1.29 is 22.0 Å². The zero-order valence-corrected chi connectivity index (χ0v) is 10.2. The first-order valence-corrected chi connectivity index (χ1v) is 5.40. The molecule has 0 aliphatic rings. The highest BCUT2D eigenvalue weighted by molar-refractivity contribution is 6.33. The summed E-state index contributed by atoms with van der Waals surface area (Å²) in [5.41, 5.74) is 4.27. The molecule has 1 aromatic carbocycles. The summed E-state index contributed by atoms with van der Waals surface area (Å²) >= 11 is 5.68. The third-order valence-electron chi connectivity index (χ3n) is 2.32. The SMILES string of the molecule is Nc1cnc(Nc2c(F)c(F)c(F)c(F)c2F)c(Cl)c1. The van der Waals surface area contributed by atoms with E-state index in [2.05, 4.69) is 4.98 Å². The van der Waals surface area contributed by atoms with Crippen LogP contribution >= 0.6 is 11.6 Å². The van der Waals surface area contributed by atoms with Gasteiger partial charge in [0.2, 0.25) is 5.82 Å². The molecule has 2 rings (SSSR count). The number of benzene rings is 1. The van der Waals surface area contributed by atoms with Gasteiger partial charge in [0.25, 0.3) is 0 Å². The molecule has 0 aliphatic heterocycles. The van der Waals surface area contributed by atoms with Crippen LogP contribution in [-0.4, -0.2) is 4.98 Å². The van der Waals surface area contributed by atoms with Crippen LogP contribution in [0.25, 0.3) is 0 Å². The van der Waals surface area contributed by atoms with Gasteiger partial charge >= 0.3 is 0 Å². The molecule has 0 saturated heterocycles. The van der Waals surface area contributed by atoms with Crippen molar-refractivity contribution in [1.82, 2.24) is 4.98 Å². The normalized spacial score (nSPS) is 10.7. The average molecular weight is 310 g/mol. The van der Waals surface area contributed by atoms with Crippen LogP contribution in [0.15, 0.2) is 12.3 Å². The van der Waals surface area contributed by atoms with Crippen LogP contribution < -0.4 is 11.1 Å². The summed E-state index contributed by atoms with van der Waals surface area (Å²) in [6, 6.07) is 1.20. The van der Waals surface area contributed by atoms with Crippen molar-refractivity contribution in [2.24, 2.45) is 0 Å². The van der Waals surface area contributed by atoms with Crippen LogP contribution in [0.1, 0.15) is 0 Å². The summed E-state index contributed by atoms with van der Waals surface area (Å²) in [7, 11) is 0. The Bertz CT molecular complexity index is 663. The zero-order valence-electron chi connectivity index (χ0n) is 9.45. The number of anilines is 3. The van der Waals surface area contributed by atoms with E-state index in [-0.39, 0.29) is 16.5 Å².